The van der Waals surface area contributed by atoms with E-state index in [0.717, 1.165) is 11.1 Å². The van der Waals surface area contributed by atoms with Crippen LogP contribution in [0.4, 0.5) is 0 Å². The number of ether oxygens (including phenoxy) is 3. The van der Waals surface area contributed by atoms with Crippen LogP contribution in [0.3, 0.4) is 0 Å². The number of carbonyl (C=O) groups excluding carboxylic acids is 1. The van der Waals surface area contributed by atoms with Crippen molar-refractivity contribution in [1.29, 1.82) is 0 Å². The molecule has 1 amide bonds. The Hall–Kier alpha value is -2.43. The van der Waals surface area contributed by atoms with Gasteiger partial charge in [-0.25, -0.2) is 13.6 Å². The number of nitrogens with zero attached hydrogens (tertiary/aromatic N) is 1. The van der Waals surface area contributed by atoms with Gasteiger partial charge in [-0.1, -0.05) is 12.1 Å². The molecular weight excluding hydrogens is 416 g/mol. The molecule has 2 aromatic rings. The smallest absolute Gasteiger partial charge is 0.238 e. The summed E-state index contributed by atoms with van der Waals surface area (Å²) in [6.45, 7) is 0.645. The Labute approximate surface area is 173 Å². The maximum atomic E-state index is 12.5. The summed E-state index contributed by atoms with van der Waals surface area (Å²) in [6.07, 6.45) is 0.593. The van der Waals surface area contributed by atoms with Gasteiger partial charge in [-0.15, -0.1) is 11.8 Å². The van der Waals surface area contributed by atoms with Crippen LogP contribution in [0.15, 0.2) is 41.3 Å². The Kier molecular flexibility index (Phi) is 5.32. The van der Waals surface area contributed by atoms with Crippen LogP contribution in [-0.4, -0.2) is 45.4 Å². The maximum Gasteiger partial charge on any atom is 0.238 e. The molecular formula is C19H20N2O6S2. The van der Waals surface area contributed by atoms with Crippen molar-refractivity contribution in [3.05, 3.63) is 47.5 Å². The van der Waals surface area contributed by atoms with Crippen LogP contribution in [-0.2, 0) is 21.2 Å². The van der Waals surface area contributed by atoms with E-state index in [4.69, 9.17) is 19.3 Å². The van der Waals surface area contributed by atoms with Crippen molar-refractivity contribution in [2.24, 2.45) is 5.14 Å². The second-order valence-electron chi connectivity index (χ2n) is 6.65. The Morgan fingerprint density at radius 2 is 2.00 bits per heavy atom. The summed E-state index contributed by atoms with van der Waals surface area (Å²) in [7, 11) is -2.15. The van der Waals surface area contributed by atoms with E-state index in [0.29, 0.717) is 36.0 Å². The molecule has 0 aromatic heterocycles. The summed E-state index contributed by atoms with van der Waals surface area (Å²) in [5, 5.41) is 4.97. The van der Waals surface area contributed by atoms with E-state index < -0.39 is 10.0 Å². The number of methoxy groups -OCH3 is 1. The minimum atomic E-state index is -3.72. The number of nitrogens with two attached hydrogens (primary N) is 1. The lowest BCUT2D eigenvalue weighted by atomic mass is 10.1. The van der Waals surface area contributed by atoms with E-state index in [9.17, 15) is 13.2 Å². The first-order valence-electron chi connectivity index (χ1n) is 8.87. The largest absolute Gasteiger partial charge is 0.493 e. The molecule has 2 aromatic carbocycles. The highest BCUT2D eigenvalue weighted by Gasteiger charge is 2.34. The second-order valence-corrected chi connectivity index (χ2v) is 9.28. The number of primary sulfonamides is 1. The number of hydrogen-bond acceptors (Lipinski definition) is 7. The van der Waals surface area contributed by atoms with E-state index >= 15 is 0 Å². The van der Waals surface area contributed by atoms with Crippen molar-refractivity contribution in [3.8, 4) is 17.2 Å². The molecule has 2 heterocycles. The molecule has 1 unspecified atom stereocenters. The maximum absolute atomic E-state index is 12.5. The molecule has 1 saturated heterocycles. The number of hydrogen-bond donors (Lipinski definition) is 1. The van der Waals surface area contributed by atoms with Gasteiger partial charge in [0.2, 0.25) is 28.5 Å². The fourth-order valence-corrected chi connectivity index (χ4v) is 5.07. The molecule has 2 aliphatic rings. The normalized spacial score (nSPS) is 18.3. The minimum Gasteiger partial charge on any atom is -0.493 e. The Bertz CT molecular complexity index is 1040. The molecule has 29 heavy (non-hydrogen) atoms. The van der Waals surface area contributed by atoms with Gasteiger partial charge in [0.1, 0.15) is 5.37 Å². The zero-order valence-electron chi connectivity index (χ0n) is 15.7. The quantitative estimate of drug-likeness (QED) is 0.737. The predicted octanol–water partition coefficient (Wildman–Crippen LogP) is 1.89. The van der Waals surface area contributed by atoms with Crippen LogP contribution in [0.2, 0.25) is 0 Å². The molecule has 0 saturated carbocycles. The summed E-state index contributed by atoms with van der Waals surface area (Å²) in [4.78, 5) is 14.4. The van der Waals surface area contributed by atoms with Crippen molar-refractivity contribution in [3.63, 3.8) is 0 Å². The lowest BCUT2D eigenvalue weighted by Gasteiger charge is -2.25. The van der Waals surface area contributed by atoms with Crippen LogP contribution >= 0.6 is 11.8 Å². The zero-order valence-corrected chi connectivity index (χ0v) is 17.3. The Morgan fingerprint density at radius 1 is 1.24 bits per heavy atom. The molecule has 2 aliphatic heterocycles. The van der Waals surface area contributed by atoms with Gasteiger partial charge >= 0.3 is 0 Å². The number of benzene rings is 2. The lowest BCUT2D eigenvalue weighted by molar-refractivity contribution is -0.128. The number of sulfonamides is 1. The van der Waals surface area contributed by atoms with Crippen LogP contribution in [0.5, 0.6) is 17.2 Å². The number of fused-ring (bicyclic) bond motifs is 1. The molecule has 1 atom stereocenters. The highest BCUT2D eigenvalue weighted by atomic mass is 32.2. The van der Waals surface area contributed by atoms with Crippen molar-refractivity contribution >= 4 is 27.7 Å². The Balaban J connectivity index is 1.52. The third-order valence-corrected chi connectivity index (χ3v) is 7.01. The monoisotopic (exact) mass is 436 g/mol. The van der Waals surface area contributed by atoms with Crippen molar-refractivity contribution in [1.82, 2.24) is 4.90 Å². The van der Waals surface area contributed by atoms with Crippen molar-refractivity contribution in [2.45, 2.75) is 16.7 Å². The van der Waals surface area contributed by atoms with Gasteiger partial charge in [-0.3, -0.25) is 4.79 Å². The predicted molar refractivity (Wildman–Crippen MR) is 108 cm³/mol. The van der Waals surface area contributed by atoms with Gasteiger partial charge in [-0.2, -0.15) is 0 Å². The average molecular weight is 437 g/mol. The molecule has 4 rings (SSSR count). The molecule has 2 N–H and O–H groups in total. The number of rotatable bonds is 6. The molecule has 1 fully saturated rings. The van der Waals surface area contributed by atoms with Gasteiger partial charge in [0.25, 0.3) is 0 Å². The second kappa shape index (κ2) is 7.77. The van der Waals surface area contributed by atoms with Crippen LogP contribution in [0.1, 0.15) is 16.5 Å². The number of amides is 1. The first kappa shape index (κ1) is 19.9. The van der Waals surface area contributed by atoms with E-state index in [-0.39, 0.29) is 23.0 Å². The third-order valence-electron chi connectivity index (χ3n) is 4.83. The average Bonchev–Trinajstić information content (AvgIpc) is 3.31. The first-order chi connectivity index (χ1) is 13.9. The van der Waals surface area contributed by atoms with E-state index in [1.54, 1.807) is 31.0 Å². The topological polar surface area (TPSA) is 108 Å². The van der Waals surface area contributed by atoms with E-state index in [2.05, 4.69) is 0 Å². The van der Waals surface area contributed by atoms with Crippen LogP contribution in [0.25, 0.3) is 0 Å². The van der Waals surface area contributed by atoms with Gasteiger partial charge in [-0.05, 0) is 41.8 Å². The zero-order chi connectivity index (χ0) is 20.6. The van der Waals surface area contributed by atoms with Crippen molar-refractivity contribution in [2.75, 3.05) is 26.2 Å². The summed E-state index contributed by atoms with van der Waals surface area (Å²) < 4.78 is 39.1. The van der Waals surface area contributed by atoms with Crippen LogP contribution < -0.4 is 19.3 Å². The molecule has 8 nitrogen and oxygen atoms in total. The Morgan fingerprint density at radius 3 is 2.69 bits per heavy atom. The summed E-state index contributed by atoms with van der Waals surface area (Å²) in [6, 6.07) is 10.1. The van der Waals surface area contributed by atoms with E-state index in [1.807, 2.05) is 17.0 Å². The third kappa shape index (κ3) is 4.00. The summed E-state index contributed by atoms with van der Waals surface area (Å²) >= 11 is 1.55. The first-order valence-corrected chi connectivity index (χ1v) is 11.5. The molecule has 154 valence electrons. The van der Waals surface area contributed by atoms with Gasteiger partial charge < -0.3 is 19.1 Å². The molecule has 10 heteroatoms. The van der Waals surface area contributed by atoms with E-state index in [1.165, 1.54) is 12.1 Å². The van der Waals surface area contributed by atoms with Gasteiger partial charge in [0.05, 0.1) is 17.8 Å². The van der Waals surface area contributed by atoms with Crippen LogP contribution in [0, 0.1) is 0 Å². The number of carbonyl (C=O) groups is 1. The standard InChI is InChI=1S/C19H20N2O6S2/c1-25-15-8-13(9-16-18(15)27-11-26-16)19-21(17(22)10-28-19)7-6-12-2-4-14(5-3-12)29(20,23)24/h2-5,8-9,19H,6-7,10-11H2,1H3,(H2,20,23,24). The minimum absolute atomic E-state index is 0.0535. The molecule has 0 spiro atoms. The summed E-state index contributed by atoms with van der Waals surface area (Å²) in [5.41, 5.74) is 1.83. The number of thioether (sulfide) groups is 1. The molecule has 0 bridgehead atoms. The lowest BCUT2D eigenvalue weighted by Crippen LogP contribution is -2.30. The highest BCUT2D eigenvalue weighted by molar-refractivity contribution is 8.00. The molecule has 0 aliphatic carbocycles. The van der Waals surface area contributed by atoms with Gasteiger partial charge in [0, 0.05) is 6.54 Å². The molecule has 0 radical (unpaired) electrons. The fraction of sp³-hybridized carbons (Fsp3) is 0.316. The van der Waals surface area contributed by atoms with Crippen molar-refractivity contribution < 1.29 is 27.4 Å². The van der Waals surface area contributed by atoms with Gasteiger partial charge in [0.15, 0.2) is 11.5 Å². The fourth-order valence-electron chi connectivity index (χ4n) is 3.36. The highest BCUT2D eigenvalue weighted by Crippen LogP contribution is 2.47. The summed E-state index contributed by atoms with van der Waals surface area (Å²) in [5.74, 6) is 2.21. The SMILES string of the molecule is COc1cc(C2SCC(=O)N2CCc2ccc(S(N)(=O)=O)cc2)cc2c1OCO2.